The number of nitrogens with two attached hydrogens (primary N) is 2. The Hall–Kier alpha value is -2.35. The van der Waals surface area contributed by atoms with Crippen LogP contribution in [-0.2, 0) is 4.79 Å². The summed E-state index contributed by atoms with van der Waals surface area (Å²) in [7, 11) is 0. The minimum Gasteiger partial charge on any atom is -0.393 e. The van der Waals surface area contributed by atoms with Crippen molar-refractivity contribution in [1.29, 1.82) is 0 Å². The number of nitrogen functional groups attached to an aromatic ring is 1. The molecule has 8 heteroatoms. The van der Waals surface area contributed by atoms with E-state index in [1.807, 2.05) is 0 Å². The molecule has 0 fully saturated rings. The average molecular weight is 240 g/mol. The molecule has 0 saturated carbocycles. The van der Waals surface area contributed by atoms with Crippen LogP contribution in [0.3, 0.4) is 0 Å². The van der Waals surface area contributed by atoms with Crippen LogP contribution >= 0.6 is 0 Å². The molecule has 0 saturated heterocycles. The molecule has 6 N–H and O–H groups in total. The molecule has 0 spiro atoms. The number of nitrogens with one attached hydrogen (secondary N) is 1. The number of carbonyl (C=O) groups excluding carboxylic acids is 1. The molecule has 1 atom stereocenters. The Balaban J connectivity index is 2.71. The number of aliphatic hydroxyl groups is 1. The third kappa shape index (κ3) is 3.31. The molecule has 1 rings (SSSR count). The lowest BCUT2D eigenvalue weighted by atomic mass is 10.2. The second-order valence-corrected chi connectivity index (χ2v) is 3.33. The SMILES string of the molecule is NC(=O)C(O)CNc1ccc([N+](=O)[O-])c(N)c1. The number of benzene rings is 1. The van der Waals surface area contributed by atoms with Crippen molar-refractivity contribution < 1.29 is 14.8 Å². The molecule has 0 heterocycles. The van der Waals surface area contributed by atoms with E-state index in [-0.39, 0.29) is 17.9 Å². The summed E-state index contributed by atoms with van der Waals surface area (Å²) in [4.78, 5) is 20.4. The molecule has 0 aromatic heterocycles. The van der Waals surface area contributed by atoms with Gasteiger partial charge in [-0.1, -0.05) is 0 Å². The average Bonchev–Trinajstić information content (AvgIpc) is 2.25. The van der Waals surface area contributed by atoms with Gasteiger partial charge >= 0.3 is 0 Å². The van der Waals surface area contributed by atoms with Crippen LogP contribution in [0.2, 0.25) is 0 Å². The van der Waals surface area contributed by atoms with E-state index >= 15 is 0 Å². The lowest BCUT2D eigenvalue weighted by Crippen LogP contribution is -2.34. The van der Waals surface area contributed by atoms with Gasteiger partial charge in [-0.3, -0.25) is 14.9 Å². The number of nitrogens with zero attached hydrogens (tertiary/aromatic N) is 1. The number of nitro groups is 1. The fraction of sp³-hybridized carbons (Fsp3) is 0.222. The van der Waals surface area contributed by atoms with Gasteiger partial charge in [-0.05, 0) is 12.1 Å². The Morgan fingerprint density at radius 2 is 2.24 bits per heavy atom. The van der Waals surface area contributed by atoms with Crippen LogP contribution in [-0.4, -0.2) is 28.6 Å². The molecular weight excluding hydrogens is 228 g/mol. The highest BCUT2D eigenvalue weighted by Gasteiger charge is 2.13. The van der Waals surface area contributed by atoms with E-state index in [0.717, 1.165) is 0 Å². The van der Waals surface area contributed by atoms with Crippen LogP contribution in [0, 0.1) is 10.1 Å². The summed E-state index contributed by atoms with van der Waals surface area (Å²) in [5.74, 6) is -0.854. The van der Waals surface area contributed by atoms with Gasteiger partial charge < -0.3 is 21.9 Å². The predicted octanol–water partition coefficient (Wildman–Crippen LogP) is -0.565. The maximum Gasteiger partial charge on any atom is 0.292 e. The smallest absolute Gasteiger partial charge is 0.292 e. The number of anilines is 2. The second kappa shape index (κ2) is 5.12. The van der Waals surface area contributed by atoms with E-state index < -0.39 is 16.9 Å². The van der Waals surface area contributed by atoms with E-state index in [0.29, 0.717) is 5.69 Å². The zero-order chi connectivity index (χ0) is 13.0. The predicted molar refractivity (Wildman–Crippen MR) is 61.2 cm³/mol. The molecule has 1 aromatic rings. The summed E-state index contributed by atoms with van der Waals surface area (Å²) in [6, 6.07) is 3.99. The summed E-state index contributed by atoms with van der Waals surface area (Å²) < 4.78 is 0. The third-order valence-electron chi connectivity index (χ3n) is 2.05. The highest BCUT2D eigenvalue weighted by molar-refractivity contribution is 5.79. The fourth-order valence-electron chi connectivity index (χ4n) is 1.15. The largest absolute Gasteiger partial charge is 0.393 e. The van der Waals surface area contributed by atoms with Gasteiger partial charge in [0.1, 0.15) is 11.8 Å². The molecular formula is C9H12N4O4. The van der Waals surface area contributed by atoms with Gasteiger partial charge in [0, 0.05) is 18.3 Å². The number of aliphatic hydroxyl groups excluding tert-OH is 1. The van der Waals surface area contributed by atoms with Gasteiger partial charge in [0.15, 0.2) is 0 Å². The highest BCUT2D eigenvalue weighted by Crippen LogP contribution is 2.24. The van der Waals surface area contributed by atoms with Crippen molar-refractivity contribution in [3.05, 3.63) is 28.3 Å². The van der Waals surface area contributed by atoms with E-state index in [1.54, 1.807) is 0 Å². The van der Waals surface area contributed by atoms with Crippen molar-refractivity contribution in [1.82, 2.24) is 0 Å². The number of hydrogen-bond donors (Lipinski definition) is 4. The van der Waals surface area contributed by atoms with Gasteiger partial charge in [-0.25, -0.2) is 0 Å². The third-order valence-corrected chi connectivity index (χ3v) is 2.05. The van der Waals surface area contributed by atoms with Gasteiger partial charge in [0.25, 0.3) is 5.69 Å². The second-order valence-electron chi connectivity index (χ2n) is 3.33. The molecule has 8 nitrogen and oxygen atoms in total. The molecule has 1 unspecified atom stereocenters. The van der Waals surface area contributed by atoms with Crippen LogP contribution in [0.5, 0.6) is 0 Å². The van der Waals surface area contributed by atoms with E-state index in [2.05, 4.69) is 5.32 Å². The zero-order valence-corrected chi connectivity index (χ0v) is 8.79. The van der Waals surface area contributed by atoms with E-state index in [9.17, 15) is 14.9 Å². The van der Waals surface area contributed by atoms with Crippen molar-refractivity contribution in [2.75, 3.05) is 17.6 Å². The summed E-state index contributed by atoms with van der Waals surface area (Å²) in [6.07, 6.45) is -1.33. The molecule has 1 aromatic carbocycles. The number of primary amides is 1. The van der Waals surface area contributed by atoms with Crippen LogP contribution in [0.15, 0.2) is 18.2 Å². The van der Waals surface area contributed by atoms with Crippen LogP contribution in [0.25, 0.3) is 0 Å². The lowest BCUT2D eigenvalue weighted by Gasteiger charge is -2.10. The van der Waals surface area contributed by atoms with Gasteiger partial charge in [0.05, 0.1) is 4.92 Å². The maximum absolute atomic E-state index is 10.5. The van der Waals surface area contributed by atoms with Crippen LogP contribution in [0.1, 0.15) is 0 Å². The summed E-state index contributed by atoms with van der Waals surface area (Å²) in [6.45, 7) is -0.0907. The van der Waals surface area contributed by atoms with Gasteiger partial charge in [-0.2, -0.15) is 0 Å². The normalized spacial score (nSPS) is 11.8. The molecule has 0 aliphatic heterocycles. The van der Waals surface area contributed by atoms with Crippen molar-refractivity contribution >= 4 is 23.0 Å². The molecule has 0 bridgehead atoms. The number of carbonyl (C=O) groups is 1. The first-order chi connectivity index (χ1) is 7.91. The maximum atomic E-state index is 10.5. The Morgan fingerprint density at radius 3 is 2.71 bits per heavy atom. The molecule has 17 heavy (non-hydrogen) atoms. The standard InChI is InChI=1S/C9H12N4O4/c10-6-3-5(1-2-7(6)13(16)17)12-4-8(14)9(11)15/h1-3,8,12,14H,4,10H2,(H2,11,15). The van der Waals surface area contributed by atoms with Crippen molar-refractivity contribution in [2.24, 2.45) is 5.73 Å². The highest BCUT2D eigenvalue weighted by atomic mass is 16.6. The summed E-state index contributed by atoms with van der Waals surface area (Å²) in [5, 5.41) is 22.3. The Bertz CT molecular complexity index is 449. The molecule has 1 amide bonds. The van der Waals surface area contributed by atoms with E-state index in [4.69, 9.17) is 16.6 Å². The first-order valence-corrected chi connectivity index (χ1v) is 4.67. The molecule has 92 valence electrons. The van der Waals surface area contributed by atoms with Crippen molar-refractivity contribution in [3.63, 3.8) is 0 Å². The minimum atomic E-state index is -1.33. The number of amides is 1. The fourth-order valence-corrected chi connectivity index (χ4v) is 1.15. The topological polar surface area (TPSA) is 145 Å². The Labute approximate surface area is 96.4 Å². The molecule has 0 radical (unpaired) electrons. The number of nitro benzene ring substituents is 1. The first kappa shape index (κ1) is 12.7. The van der Waals surface area contributed by atoms with Crippen LogP contribution in [0.4, 0.5) is 17.1 Å². The summed E-state index contributed by atoms with van der Waals surface area (Å²) >= 11 is 0. The van der Waals surface area contributed by atoms with Crippen molar-refractivity contribution in [3.8, 4) is 0 Å². The molecule has 0 aliphatic carbocycles. The Morgan fingerprint density at radius 1 is 1.59 bits per heavy atom. The summed E-state index contributed by atoms with van der Waals surface area (Å²) in [5.41, 5.74) is 10.5. The van der Waals surface area contributed by atoms with Crippen LogP contribution < -0.4 is 16.8 Å². The Kier molecular flexibility index (Phi) is 3.83. The number of rotatable bonds is 5. The number of hydrogen-bond acceptors (Lipinski definition) is 6. The van der Waals surface area contributed by atoms with Gasteiger partial charge in [-0.15, -0.1) is 0 Å². The van der Waals surface area contributed by atoms with Crippen molar-refractivity contribution in [2.45, 2.75) is 6.10 Å². The molecule has 0 aliphatic rings. The van der Waals surface area contributed by atoms with E-state index in [1.165, 1.54) is 18.2 Å². The quantitative estimate of drug-likeness (QED) is 0.308. The monoisotopic (exact) mass is 240 g/mol. The minimum absolute atomic E-state index is 0.00596. The first-order valence-electron chi connectivity index (χ1n) is 4.67. The lowest BCUT2D eigenvalue weighted by molar-refractivity contribution is -0.383. The van der Waals surface area contributed by atoms with Gasteiger partial charge in [0.2, 0.25) is 5.91 Å². The zero-order valence-electron chi connectivity index (χ0n) is 8.79.